The fourth-order valence-electron chi connectivity index (χ4n) is 14.2. The summed E-state index contributed by atoms with van der Waals surface area (Å²) in [5.41, 5.74) is 0.0877. The first-order chi connectivity index (χ1) is 29.7. The average Bonchev–Trinajstić information content (AvgIpc) is 3.69. The molecule has 4 saturated heterocycles. The van der Waals surface area contributed by atoms with Crippen LogP contribution in [0.15, 0.2) is 0 Å². The van der Waals surface area contributed by atoms with Gasteiger partial charge in [0.15, 0.2) is 24.7 Å². The maximum Gasteiger partial charge on any atom is 0.186 e. The highest BCUT2D eigenvalue weighted by Crippen LogP contribution is 2.71. The lowest BCUT2D eigenvalue weighted by Crippen LogP contribution is -2.61. The van der Waals surface area contributed by atoms with Crippen molar-refractivity contribution in [3.05, 3.63) is 0 Å². The Labute approximate surface area is 369 Å². The van der Waals surface area contributed by atoms with Crippen LogP contribution in [0.5, 0.6) is 0 Å². The van der Waals surface area contributed by atoms with Crippen LogP contribution >= 0.6 is 0 Å². The molecule has 4 aliphatic carbocycles. The van der Waals surface area contributed by atoms with E-state index in [1.807, 2.05) is 6.92 Å². The van der Waals surface area contributed by atoms with Gasteiger partial charge in [-0.1, -0.05) is 34.6 Å². The first kappa shape index (κ1) is 48.7. The normalized spacial score (nSPS) is 56.3. The number of hydrogen-bond donors (Lipinski definition) is 11. The van der Waals surface area contributed by atoms with E-state index < -0.39 is 98.4 Å². The molecule has 8 aliphatic rings. The van der Waals surface area contributed by atoms with Gasteiger partial charge in [-0.05, 0) is 104 Å². The van der Waals surface area contributed by atoms with Gasteiger partial charge < -0.3 is 89.3 Å². The van der Waals surface area contributed by atoms with Crippen LogP contribution in [-0.2, 0) is 33.2 Å². The second kappa shape index (κ2) is 18.6. The molecule has 0 amide bonds. The SMILES string of the molecule is C[C@H](CC[C@@]1(O)OC2CC3C4CCC5C[C@@H](O[C@@H]6OC(CO[C@@H]7OC[C@@H](O)C(O)C7O)[C@@H](O)C(O)C6O)[C@H](C)C[C@]5(C)C4CC[C@]3(C)C2[C@@H]1C)CO[C@@H]1OC(CO)[C@@H](O)C(O)C1O. The summed E-state index contributed by atoms with van der Waals surface area (Å²) in [4.78, 5) is 0. The van der Waals surface area contributed by atoms with Crippen LogP contribution in [0.2, 0.25) is 0 Å². The fourth-order valence-corrected chi connectivity index (χ4v) is 14.2. The van der Waals surface area contributed by atoms with Gasteiger partial charge in [0.1, 0.15) is 67.1 Å². The van der Waals surface area contributed by atoms with Gasteiger partial charge >= 0.3 is 0 Å². The number of rotatable bonds is 12. The Morgan fingerprint density at radius 3 is 2.10 bits per heavy atom. The Morgan fingerprint density at radius 2 is 1.38 bits per heavy atom. The van der Waals surface area contributed by atoms with Gasteiger partial charge in [0.05, 0.1) is 38.6 Å². The van der Waals surface area contributed by atoms with E-state index in [2.05, 4.69) is 27.7 Å². The summed E-state index contributed by atoms with van der Waals surface area (Å²) in [6.07, 6.45) is -11.7. The Kier molecular flexibility index (Phi) is 14.4. The van der Waals surface area contributed by atoms with Crippen LogP contribution in [0, 0.1) is 58.2 Å². The van der Waals surface area contributed by atoms with Crippen LogP contribution in [0.4, 0.5) is 0 Å². The van der Waals surface area contributed by atoms with Gasteiger partial charge in [0.2, 0.25) is 0 Å². The molecule has 0 spiro atoms. The number of fused-ring (bicyclic) bond motifs is 7. The van der Waals surface area contributed by atoms with Crippen molar-refractivity contribution in [1.82, 2.24) is 0 Å². The van der Waals surface area contributed by atoms with Gasteiger partial charge in [-0.25, -0.2) is 0 Å². The molecule has 18 heteroatoms. The van der Waals surface area contributed by atoms with E-state index in [0.29, 0.717) is 36.5 Å². The van der Waals surface area contributed by atoms with E-state index >= 15 is 0 Å². The predicted molar refractivity (Wildman–Crippen MR) is 218 cm³/mol. The molecule has 364 valence electrons. The van der Waals surface area contributed by atoms with Crippen LogP contribution in [0.25, 0.3) is 0 Å². The van der Waals surface area contributed by atoms with Crippen molar-refractivity contribution in [2.24, 2.45) is 58.2 Å². The summed E-state index contributed by atoms with van der Waals surface area (Å²) in [6.45, 7) is 10.2. The monoisotopic (exact) mass is 905 g/mol. The molecule has 8 rings (SSSR count). The van der Waals surface area contributed by atoms with E-state index in [9.17, 15) is 56.2 Å². The highest BCUT2D eigenvalue weighted by molar-refractivity contribution is 5.15. The Hall–Kier alpha value is -0.720. The third-order valence-electron chi connectivity index (χ3n) is 17.9. The zero-order chi connectivity index (χ0) is 45.5. The maximum absolute atomic E-state index is 12.1. The number of aliphatic hydroxyl groups is 11. The molecule has 14 unspecified atom stereocenters. The minimum Gasteiger partial charge on any atom is -0.394 e. The van der Waals surface area contributed by atoms with E-state index in [-0.39, 0.29) is 66.5 Å². The van der Waals surface area contributed by atoms with Crippen molar-refractivity contribution < 1.29 is 89.3 Å². The highest BCUT2D eigenvalue weighted by atomic mass is 16.7. The lowest BCUT2D eigenvalue weighted by atomic mass is 9.43. The first-order valence-electron chi connectivity index (χ1n) is 23.7. The lowest BCUT2D eigenvalue weighted by molar-refractivity contribution is -0.334. The van der Waals surface area contributed by atoms with E-state index in [1.165, 1.54) is 0 Å². The molecule has 0 aromatic rings. The van der Waals surface area contributed by atoms with Crippen LogP contribution in [0.1, 0.15) is 92.4 Å². The average molecular weight is 905 g/mol. The summed E-state index contributed by atoms with van der Waals surface area (Å²) in [6, 6.07) is 0. The second-order valence-electron chi connectivity index (χ2n) is 21.6. The number of ether oxygens (including phenoxy) is 7. The van der Waals surface area contributed by atoms with E-state index in [0.717, 1.165) is 44.9 Å². The number of aliphatic hydroxyl groups excluding tert-OH is 10. The molecular weight excluding hydrogens is 828 g/mol. The van der Waals surface area contributed by atoms with Crippen LogP contribution in [0.3, 0.4) is 0 Å². The molecule has 4 saturated carbocycles. The molecule has 8 fully saturated rings. The van der Waals surface area contributed by atoms with E-state index in [4.69, 9.17) is 33.2 Å². The van der Waals surface area contributed by atoms with E-state index in [1.54, 1.807) is 0 Å². The van der Waals surface area contributed by atoms with Gasteiger partial charge in [-0.2, -0.15) is 0 Å². The molecule has 18 nitrogen and oxygen atoms in total. The third-order valence-corrected chi connectivity index (χ3v) is 17.9. The second-order valence-corrected chi connectivity index (χ2v) is 21.6. The topological polar surface area (TPSA) is 287 Å². The van der Waals surface area contributed by atoms with Crippen LogP contribution in [-0.4, -0.2) is 187 Å². The molecule has 0 aromatic carbocycles. The van der Waals surface area contributed by atoms with Crippen molar-refractivity contribution in [3.63, 3.8) is 0 Å². The summed E-state index contributed by atoms with van der Waals surface area (Å²) < 4.78 is 41.4. The molecule has 63 heavy (non-hydrogen) atoms. The minimum atomic E-state index is -1.58. The van der Waals surface area contributed by atoms with Gasteiger partial charge in [-0.3, -0.25) is 0 Å². The molecule has 4 aliphatic heterocycles. The molecule has 0 aromatic heterocycles. The maximum atomic E-state index is 12.1. The summed E-state index contributed by atoms with van der Waals surface area (Å²) >= 11 is 0. The number of hydrogen-bond acceptors (Lipinski definition) is 18. The third kappa shape index (κ3) is 8.71. The lowest BCUT2D eigenvalue weighted by Gasteiger charge is -2.62. The quantitative estimate of drug-likeness (QED) is 0.106. The zero-order valence-electron chi connectivity index (χ0n) is 37.3. The highest BCUT2D eigenvalue weighted by Gasteiger charge is 2.68. The molecule has 27 atom stereocenters. The molecular formula is C45H76O18. The van der Waals surface area contributed by atoms with Crippen molar-refractivity contribution in [1.29, 1.82) is 0 Å². The van der Waals surface area contributed by atoms with Gasteiger partial charge in [0.25, 0.3) is 0 Å². The Balaban J connectivity index is 0.848. The molecule has 11 N–H and O–H groups in total. The van der Waals surface area contributed by atoms with Crippen molar-refractivity contribution in [2.45, 2.75) is 196 Å². The largest absolute Gasteiger partial charge is 0.394 e. The van der Waals surface area contributed by atoms with Gasteiger partial charge in [0, 0.05) is 12.3 Å². The molecule has 4 heterocycles. The summed E-state index contributed by atoms with van der Waals surface area (Å²) in [7, 11) is 0. The van der Waals surface area contributed by atoms with Crippen LogP contribution < -0.4 is 0 Å². The zero-order valence-corrected chi connectivity index (χ0v) is 37.3. The Morgan fingerprint density at radius 1 is 0.714 bits per heavy atom. The summed E-state index contributed by atoms with van der Waals surface area (Å²) in [5, 5.41) is 115. The van der Waals surface area contributed by atoms with Crippen molar-refractivity contribution in [2.75, 3.05) is 26.4 Å². The smallest absolute Gasteiger partial charge is 0.186 e. The first-order valence-corrected chi connectivity index (χ1v) is 23.7. The minimum absolute atomic E-state index is 0.0189. The summed E-state index contributed by atoms with van der Waals surface area (Å²) in [5.74, 6) is 0.804. The molecule has 0 bridgehead atoms. The van der Waals surface area contributed by atoms with Gasteiger partial charge in [-0.15, -0.1) is 0 Å². The standard InChI is InChI=1S/C45H76O18/c1-19(16-57-41-38(54)35(51)33(49)29(15-46)61-41)8-11-45(56)21(3)31-28(63-45)13-25-23-7-6-22-12-27(20(2)14-44(22,5)24(23)9-10-43(25,31)4)60-42-39(55)36(52)34(50)30(62-42)18-59-40-37(53)32(48)26(47)17-58-40/h19-42,46-56H,6-18H2,1-5H3/t19-,20-,21+,22?,23?,24?,25?,26-,27-,28?,29?,30?,31?,32?,33-,34-,35?,36?,37?,38?,39?,40+,41-,42-,43+,44+,45-/m1/s1. The van der Waals surface area contributed by atoms with Crippen molar-refractivity contribution in [3.8, 4) is 0 Å². The van der Waals surface area contributed by atoms with Crippen molar-refractivity contribution >= 4 is 0 Å². The Bertz CT molecular complexity index is 1540. The predicted octanol–water partition coefficient (Wildman–Crippen LogP) is -0.894. The fraction of sp³-hybridized carbons (Fsp3) is 1.00. The molecule has 0 radical (unpaired) electrons.